The first-order valence-electron chi connectivity index (χ1n) is 5.46. The van der Waals surface area contributed by atoms with Gasteiger partial charge >= 0.3 is 18.1 Å². The Balaban J connectivity index is 0.000000441. The number of nitrogens with one attached hydrogen (secondary N) is 1. The van der Waals surface area contributed by atoms with Crippen molar-refractivity contribution in [2.75, 3.05) is 13.2 Å². The van der Waals surface area contributed by atoms with Gasteiger partial charge in [-0.15, -0.1) is 0 Å². The molecule has 20 heavy (non-hydrogen) atoms. The number of hydrogen-bond acceptors (Lipinski definition) is 5. The Morgan fingerprint density at radius 1 is 1.55 bits per heavy atom. The molecule has 0 bridgehead atoms. The summed E-state index contributed by atoms with van der Waals surface area (Å²) in [4.78, 5) is 22.8. The molecular formula is C9H13F3N4O4. The number of halogens is 3. The Labute approximate surface area is 111 Å². The first-order valence-corrected chi connectivity index (χ1v) is 5.46. The van der Waals surface area contributed by atoms with Crippen LogP contribution < -0.4 is 5.32 Å². The molecule has 114 valence electrons. The number of carboxylic acid groups (broad SMARTS) is 1. The number of aliphatic carboxylic acids is 1. The lowest BCUT2D eigenvalue weighted by molar-refractivity contribution is -0.192. The second-order valence-corrected chi connectivity index (χ2v) is 3.61. The van der Waals surface area contributed by atoms with Crippen LogP contribution in [-0.2, 0) is 14.3 Å². The maximum atomic E-state index is 11.2. The minimum atomic E-state index is -5.08. The van der Waals surface area contributed by atoms with Crippen molar-refractivity contribution in [1.82, 2.24) is 5.32 Å². The van der Waals surface area contributed by atoms with Gasteiger partial charge in [-0.25, -0.2) is 4.79 Å². The molecule has 2 N–H and O–H groups in total. The molecule has 0 radical (unpaired) electrons. The molecule has 0 aromatic carbocycles. The SMILES string of the molecule is CCOC(=O)[C@@H]1CC(N=[N+]=[N-])CN1.O=C(O)C(F)(F)F. The summed E-state index contributed by atoms with van der Waals surface area (Å²) in [5.41, 5.74) is 8.17. The highest BCUT2D eigenvalue weighted by Gasteiger charge is 2.38. The lowest BCUT2D eigenvalue weighted by Crippen LogP contribution is -2.32. The summed E-state index contributed by atoms with van der Waals surface area (Å²) in [6.45, 7) is 2.69. The highest BCUT2D eigenvalue weighted by Crippen LogP contribution is 2.13. The molecule has 1 fully saturated rings. The van der Waals surface area contributed by atoms with Crippen LogP contribution in [0.3, 0.4) is 0 Å². The monoisotopic (exact) mass is 298 g/mol. The molecule has 1 saturated heterocycles. The van der Waals surface area contributed by atoms with Gasteiger partial charge in [0.05, 0.1) is 12.6 Å². The fraction of sp³-hybridized carbons (Fsp3) is 0.778. The van der Waals surface area contributed by atoms with E-state index in [9.17, 15) is 18.0 Å². The fourth-order valence-electron chi connectivity index (χ4n) is 1.30. The van der Waals surface area contributed by atoms with E-state index in [1.165, 1.54) is 0 Å². The van der Waals surface area contributed by atoms with Crippen LogP contribution in [0.5, 0.6) is 0 Å². The van der Waals surface area contributed by atoms with E-state index in [0.29, 0.717) is 19.6 Å². The number of rotatable bonds is 3. The number of alkyl halides is 3. The molecular weight excluding hydrogens is 285 g/mol. The topological polar surface area (TPSA) is 124 Å². The van der Waals surface area contributed by atoms with Gasteiger partial charge in [0.25, 0.3) is 0 Å². The fourth-order valence-corrected chi connectivity index (χ4v) is 1.30. The van der Waals surface area contributed by atoms with E-state index >= 15 is 0 Å². The predicted octanol–water partition coefficient (Wildman–Crippen LogP) is 1.22. The van der Waals surface area contributed by atoms with Crippen molar-refractivity contribution in [2.45, 2.75) is 31.6 Å². The largest absolute Gasteiger partial charge is 0.490 e. The third kappa shape index (κ3) is 6.81. The number of hydrogen-bond donors (Lipinski definition) is 2. The number of azide groups is 1. The lowest BCUT2D eigenvalue weighted by atomic mass is 10.2. The van der Waals surface area contributed by atoms with Crippen LogP contribution in [0.4, 0.5) is 13.2 Å². The van der Waals surface area contributed by atoms with Gasteiger partial charge in [-0.1, -0.05) is 5.11 Å². The van der Waals surface area contributed by atoms with Gasteiger partial charge in [-0.3, -0.25) is 4.79 Å². The van der Waals surface area contributed by atoms with Crippen molar-refractivity contribution in [3.05, 3.63) is 10.4 Å². The van der Waals surface area contributed by atoms with Crippen LogP contribution >= 0.6 is 0 Å². The summed E-state index contributed by atoms with van der Waals surface area (Å²) in [5, 5.41) is 13.6. The van der Waals surface area contributed by atoms with Crippen LogP contribution in [-0.4, -0.2) is 48.5 Å². The zero-order valence-electron chi connectivity index (χ0n) is 10.4. The van der Waals surface area contributed by atoms with Crippen molar-refractivity contribution in [3.8, 4) is 0 Å². The summed E-state index contributed by atoms with van der Waals surface area (Å²) in [5.74, 6) is -3.02. The second-order valence-electron chi connectivity index (χ2n) is 3.61. The summed E-state index contributed by atoms with van der Waals surface area (Å²) < 4.78 is 36.6. The van der Waals surface area contributed by atoms with Crippen LogP contribution in [0.1, 0.15) is 13.3 Å². The van der Waals surface area contributed by atoms with Gasteiger partial charge in [0, 0.05) is 11.5 Å². The van der Waals surface area contributed by atoms with Gasteiger partial charge in [-0.2, -0.15) is 13.2 Å². The van der Waals surface area contributed by atoms with Crippen molar-refractivity contribution in [2.24, 2.45) is 5.11 Å². The normalized spacial score (nSPS) is 21.2. The second kappa shape index (κ2) is 8.23. The minimum Gasteiger partial charge on any atom is -0.475 e. The van der Waals surface area contributed by atoms with Gasteiger partial charge in [0.15, 0.2) is 0 Å². The Kier molecular flexibility index (Phi) is 7.40. The Bertz CT molecular complexity index is 395. The summed E-state index contributed by atoms with van der Waals surface area (Å²) in [7, 11) is 0. The van der Waals surface area contributed by atoms with Crippen LogP contribution in [0.15, 0.2) is 5.11 Å². The van der Waals surface area contributed by atoms with Gasteiger partial charge < -0.3 is 15.2 Å². The third-order valence-electron chi connectivity index (χ3n) is 2.14. The van der Waals surface area contributed by atoms with Crippen LogP contribution in [0.25, 0.3) is 10.4 Å². The molecule has 1 rings (SSSR count). The minimum absolute atomic E-state index is 0.126. The van der Waals surface area contributed by atoms with Gasteiger partial charge in [0.1, 0.15) is 6.04 Å². The quantitative estimate of drug-likeness (QED) is 0.351. The van der Waals surface area contributed by atoms with E-state index in [2.05, 4.69) is 15.3 Å². The summed E-state index contributed by atoms with van der Waals surface area (Å²) in [6.07, 6.45) is -4.55. The van der Waals surface area contributed by atoms with Crippen molar-refractivity contribution in [1.29, 1.82) is 0 Å². The van der Waals surface area contributed by atoms with E-state index in [-0.39, 0.29) is 18.1 Å². The highest BCUT2D eigenvalue weighted by molar-refractivity contribution is 5.76. The van der Waals surface area contributed by atoms with Gasteiger partial charge in [-0.05, 0) is 18.9 Å². The molecule has 11 heteroatoms. The van der Waals surface area contributed by atoms with E-state index in [1.54, 1.807) is 6.92 Å². The Morgan fingerprint density at radius 2 is 2.10 bits per heavy atom. The zero-order valence-corrected chi connectivity index (χ0v) is 10.4. The third-order valence-corrected chi connectivity index (χ3v) is 2.14. The number of nitrogens with zero attached hydrogens (tertiary/aromatic N) is 3. The molecule has 1 heterocycles. The number of carboxylic acids is 1. The van der Waals surface area contributed by atoms with Gasteiger partial charge in [0.2, 0.25) is 0 Å². The summed E-state index contributed by atoms with van der Waals surface area (Å²) in [6, 6.07) is -0.435. The Morgan fingerprint density at radius 3 is 2.50 bits per heavy atom. The zero-order chi connectivity index (χ0) is 15.8. The van der Waals surface area contributed by atoms with E-state index in [1.807, 2.05) is 0 Å². The van der Waals surface area contributed by atoms with E-state index < -0.39 is 12.1 Å². The maximum absolute atomic E-state index is 11.2. The first-order chi connectivity index (χ1) is 9.22. The average molecular weight is 298 g/mol. The maximum Gasteiger partial charge on any atom is 0.490 e. The molecule has 1 aliphatic heterocycles. The molecule has 0 aliphatic carbocycles. The smallest absolute Gasteiger partial charge is 0.475 e. The number of carbonyl (C=O) groups excluding carboxylic acids is 1. The molecule has 0 saturated carbocycles. The van der Waals surface area contributed by atoms with Crippen molar-refractivity contribution >= 4 is 11.9 Å². The van der Waals surface area contributed by atoms with Crippen LogP contribution in [0, 0.1) is 0 Å². The molecule has 1 aliphatic rings. The molecule has 0 spiro atoms. The molecule has 2 atom stereocenters. The highest BCUT2D eigenvalue weighted by atomic mass is 19.4. The number of carbonyl (C=O) groups is 2. The molecule has 0 aromatic rings. The van der Waals surface area contributed by atoms with Crippen molar-refractivity contribution in [3.63, 3.8) is 0 Å². The number of ether oxygens (including phenoxy) is 1. The number of esters is 1. The lowest BCUT2D eigenvalue weighted by Gasteiger charge is -2.07. The molecule has 1 unspecified atom stereocenters. The first kappa shape index (κ1) is 18.0. The average Bonchev–Trinajstić information content (AvgIpc) is 2.78. The molecule has 8 nitrogen and oxygen atoms in total. The van der Waals surface area contributed by atoms with E-state index in [0.717, 1.165) is 0 Å². The molecule has 0 amide bonds. The van der Waals surface area contributed by atoms with Crippen molar-refractivity contribution < 1.29 is 32.6 Å². The molecule has 0 aromatic heterocycles. The van der Waals surface area contributed by atoms with E-state index in [4.69, 9.17) is 20.2 Å². The standard InChI is InChI=1S/C7H12N4O2.C2HF3O2/c1-2-13-7(12)6-3-5(4-9-6)10-11-8;3-2(4,5)1(6)7/h5-6,9H,2-4H2,1H3;(H,6,7)/t5?,6-;/m0./s1. The predicted molar refractivity (Wildman–Crippen MR) is 59.7 cm³/mol. The van der Waals surface area contributed by atoms with Crippen LogP contribution in [0.2, 0.25) is 0 Å². The summed E-state index contributed by atoms with van der Waals surface area (Å²) >= 11 is 0. The Hall–Kier alpha value is -2.00.